The molecule has 0 fully saturated rings. The van der Waals surface area contributed by atoms with E-state index in [1.165, 1.54) is 6.33 Å². The zero-order valence-corrected chi connectivity index (χ0v) is 10.2. The van der Waals surface area contributed by atoms with E-state index in [0.717, 1.165) is 11.4 Å². The molecule has 1 aromatic rings. The number of rotatable bonds is 4. The highest BCUT2D eigenvalue weighted by Crippen LogP contribution is 2.14. The second-order valence-corrected chi connectivity index (χ2v) is 3.93. The van der Waals surface area contributed by atoms with Gasteiger partial charge in [-0.25, -0.2) is 9.97 Å². The van der Waals surface area contributed by atoms with Crippen LogP contribution in [0.4, 0.5) is 5.82 Å². The molecule has 0 aliphatic rings. The number of hydrogen-bond acceptors (Lipinski definition) is 4. The lowest BCUT2D eigenvalue weighted by Gasteiger charge is -2.22. The summed E-state index contributed by atoms with van der Waals surface area (Å²) in [7, 11) is 3.57. The molecular weight excluding hydrogens is 204 g/mol. The monoisotopic (exact) mass is 222 g/mol. The smallest absolute Gasteiger partial charge is 0.224 e. The Balaban J connectivity index is 2.69. The van der Waals surface area contributed by atoms with Crippen LogP contribution in [-0.4, -0.2) is 36.5 Å². The molecule has 0 aromatic carbocycles. The molecular formula is C11H18N4O. The first-order valence-corrected chi connectivity index (χ1v) is 5.25. The fourth-order valence-electron chi connectivity index (χ4n) is 1.62. The van der Waals surface area contributed by atoms with Crippen molar-refractivity contribution in [3.05, 3.63) is 18.1 Å². The minimum Gasteiger partial charge on any atom is -0.359 e. The van der Waals surface area contributed by atoms with E-state index in [4.69, 9.17) is 0 Å². The lowest BCUT2D eigenvalue weighted by atomic mass is 10.1. The number of nitrogens with zero attached hydrogens (tertiary/aromatic N) is 3. The van der Waals surface area contributed by atoms with Crippen molar-refractivity contribution < 1.29 is 4.79 Å². The summed E-state index contributed by atoms with van der Waals surface area (Å²) in [6.45, 7) is 4.49. The largest absolute Gasteiger partial charge is 0.359 e. The van der Waals surface area contributed by atoms with Crippen LogP contribution in [0.25, 0.3) is 0 Å². The number of aromatic nitrogens is 2. The van der Waals surface area contributed by atoms with Gasteiger partial charge in [-0.15, -0.1) is 0 Å². The van der Waals surface area contributed by atoms with Crippen LogP contribution in [-0.2, 0) is 4.79 Å². The van der Waals surface area contributed by atoms with Gasteiger partial charge in [0.15, 0.2) is 0 Å². The highest BCUT2D eigenvalue weighted by molar-refractivity contribution is 5.78. The van der Waals surface area contributed by atoms with Crippen molar-refractivity contribution in [1.82, 2.24) is 15.3 Å². The van der Waals surface area contributed by atoms with Crippen LogP contribution in [0.2, 0.25) is 0 Å². The van der Waals surface area contributed by atoms with E-state index >= 15 is 0 Å². The highest BCUT2D eigenvalue weighted by atomic mass is 16.1. The molecule has 1 rings (SSSR count). The molecule has 0 saturated carbocycles. The fraction of sp³-hybridized carbons (Fsp3) is 0.545. The third-order valence-electron chi connectivity index (χ3n) is 2.47. The van der Waals surface area contributed by atoms with Crippen LogP contribution in [0.1, 0.15) is 12.5 Å². The van der Waals surface area contributed by atoms with Gasteiger partial charge in [0, 0.05) is 32.4 Å². The Labute approximate surface area is 95.9 Å². The number of amides is 1. The molecule has 0 aliphatic heterocycles. The van der Waals surface area contributed by atoms with Crippen LogP contribution < -0.4 is 10.2 Å². The summed E-state index contributed by atoms with van der Waals surface area (Å²) < 4.78 is 0. The van der Waals surface area contributed by atoms with Crippen molar-refractivity contribution >= 4 is 11.7 Å². The van der Waals surface area contributed by atoms with Crippen molar-refractivity contribution in [2.24, 2.45) is 5.92 Å². The molecule has 1 N–H and O–H groups in total. The minimum absolute atomic E-state index is 0.0403. The van der Waals surface area contributed by atoms with Crippen LogP contribution in [0.5, 0.6) is 0 Å². The minimum atomic E-state index is -0.0654. The van der Waals surface area contributed by atoms with E-state index in [1.54, 1.807) is 13.2 Å². The Morgan fingerprint density at radius 1 is 1.62 bits per heavy atom. The van der Waals surface area contributed by atoms with Crippen molar-refractivity contribution in [2.75, 3.05) is 25.5 Å². The maximum atomic E-state index is 11.4. The second kappa shape index (κ2) is 5.44. The molecule has 1 aromatic heterocycles. The summed E-state index contributed by atoms with van der Waals surface area (Å²) in [5.41, 5.74) is 1.01. The molecule has 1 amide bonds. The number of hydrogen-bond donors (Lipinski definition) is 1. The summed E-state index contributed by atoms with van der Waals surface area (Å²) in [6, 6.07) is 0. The quantitative estimate of drug-likeness (QED) is 0.810. The van der Waals surface area contributed by atoms with E-state index in [1.807, 2.05) is 25.8 Å². The summed E-state index contributed by atoms with van der Waals surface area (Å²) >= 11 is 0. The van der Waals surface area contributed by atoms with Crippen LogP contribution in [0, 0.1) is 12.8 Å². The molecule has 1 atom stereocenters. The molecule has 0 aliphatic carbocycles. The van der Waals surface area contributed by atoms with Gasteiger partial charge in [-0.2, -0.15) is 0 Å². The molecule has 0 saturated heterocycles. The molecule has 0 radical (unpaired) electrons. The second-order valence-electron chi connectivity index (χ2n) is 3.93. The van der Waals surface area contributed by atoms with Gasteiger partial charge < -0.3 is 10.2 Å². The molecule has 16 heavy (non-hydrogen) atoms. The first kappa shape index (κ1) is 12.4. The van der Waals surface area contributed by atoms with Gasteiger partial charge in [-0.05, 0) is 6.92 Å². The van der Waals surface area contributed by atoms with Gasteiger partial charge in [-0.1, -0.05) is 6.92 Å². The van der Waals surface area contributed by atoms with Crippen molar-refractivity contribution in [3.63, 3.8) is 0 Å². The zero-order valence-electron chi connectivity index (χ0n) is 10.2. The number of carbonyl (C=O) groups excluding carboxylic acids is 1. The average Bonchev–Trinajstić information content (AvgIpc) is 2.28. The Kier molecular flexibility index (Phi) is 4.22. The summed E-state index contributed by atoms with van der Waals surface area (Å²) in [5.74, 6) is 0.841. The van der Waals surface area contributed by atoms with Gasteiger partial charge in [0.2, 0.25) is 5.91 Å². The predicted octanol–water partition coefficient (Wildman–Crippen LogP) is 0.603. The van der Waals surface area contributed by atoms with E-state index < -0.39 is 0 Å². The Bertz CT molecular complexity index is 367. The van der Waals surface area contributed by atoms with Gasteiger partial charge in [0.1, 0.15) is 12.1 Å². The number of carbonyl (C=O) groups is 1. The summed E-state index contributed by atoms with van der Waals surface area (Å²) in [6.07, 6.45) is 3.28. The van der Waals surface area contributed by atoms with Crippen LogP contribution in [0.3, 0.4) is 0 Å². The molecule has 5 nitrogen and oxygen atoms in total. The van der Waals surface area contributed by atoms with E-state index in [2.05, 4.69) is 15.3 Å². The van der Waals surface area contributed by atoms with E-state index in [9.17, 15) is 4.79 Å². The third kappa shape index (κ3) is 2.92. The highest BCUT2D eigenvalue weighted by Gasteiger charge is 2.15. The standard InChI is InChI=1S/C11H18N4O/c1-8-5-13-7-14-10(8)15(4)6-9(2)11(16)12-3/h5,7,9H,6H2,1-4H3,(H,12,16). The molecule has 88 valence electrons. The maximum Gasteiger partial charge on any atom is 0.224 e. The molecule has 0 spiro atoms. The first-order valence-electron chi connectivity index (χ1n) is 5.25. The van der Waals surface area contributed by atoms with Crippen molar-refractivity contribution in [1.29, 1.82) is 0 Å². The van der Waals surface area contributed by atoms with Crippen LogP contribution in [0.15, 0.2) is 12.5 Å². The van der Waals surface area contributed by atoms with Gasteiger partial charge in [0.05, 0.1) is 5.92 Å². The fourth-order valence-corrected chi connectivity index (χ4v) is 1.62. The lowest BCUT2D eigenvalue weighted by molar-refractivity contribution is -0.123. The number of anilines is 1. The van der Waals surface area contributed by atoms with Crippen LogP contribution >= 0.6 is 0 Å². The Morgan fingerprint density at radius 2 is 2.31 bits per heavy atom. The predicted molar refractivity (Wildman–Crippen MR) is 63.3 cm³/mol. The Morgan fingerprint density at radius 3 is 2.88 bits per heavy atom. The lowest BCUT2D eigenvalue weighted by Crippen LogP contribution is -2.34. The summed E-state index contributed by atoms with van der Waals surface area (Å²) in [4.78, 5) is 21.5. The first-order chi connectivity index (χ1) is 7.56. The molecule has 5 heteroatoms. The topological polar surface area (TPSA) is 58.1 Å². The van der Waals surface area contributed by atoms with Gasteiger partial charge in [0.25, 0.3) is 0 Å². The number of nitrogens with one attached hydrogen (secondary N) is 1. The number of aryl methyl sites for hydroxylation is 1. The van der Waals surface area contributed by atoms with Gasteiger partial charge >= 0.3 is 0 Å². The van der Waals surface area contributed by atoms with Crippen molar-refractivity contribution in [3.8, 4) is 0 Å². The van der Waals surface area contributed by atoms with E-state index in [0.29, 0.717) is 6.54 Å². The van der Waals surface area contributed by atoms with Crippen molar-refractivity contribution in [2.45, 2.75) is 13.8 Å². The average molecular weight is 222 g/mol. The summed E-state index contributed by atoms with van der Waals surface area (Å²) in [5, 5.41) is 2.64. The maximum absolute atomic E-state index is 11.4. The SMILES string of the molecule is CNC(=O)C(C)CN(C)c1ncncc1C. The molecule has 1 heterocycles. The molecule has 0 bridgehead atoms. The normalized spacial score (nSPS) is 12.0. The third-order valence-corrected chi connectivity index (χ3v) is 2.47. The van der Waals surface area contributed by atoms with Gasteiger partial charge in [-0.3, -0.25) is 4.79 Å². The molecule has 1 unspecified atom stereocenters. The zero-order chi connectivity index (χ0) is 12.1. The Hall–Kier alpha value is -1.65. The van der Waals surface area contributed by atoms with E-state index in [-0.39, 0.29) is 11.8 Å².